The highest BCUT2D eigenvalue weighted by atomic mass is 19.4. The third-order valence-corrected chi connectivity index (χ3v) is 3.48. The van der Waals surface area contributed by atoms with Gasteiger partial charge in [-0.2, -0.15) is 0 Å². The maximum atomic E-state index is 12.9. The van der Waals surface area contributed by atoms with Gasteiger partial charge in [0.15, 0.2) is 0 Å². The topological polar surface area (TPSA) is 123 Å². The Morgan fingerprint density at radius 2 is 1.23 bits per heavy atom. The molecule has 146 valence electrons. The van der Waals surface area contributed by atoms with Gasteiger partial charge in [0.25, 0.3) is 0 Å². The number of allylic oxidation sites excluding steroid dienone is 3. The summed E-state index contributed by atoms with van der Waals surface area (Å²) in [7, 11) is 0. The van der Waals surface area contributed by atoms with Crippen LogP contribution in [0.3, 0.4) is 0 Å². The first-order valence-corrected chi connectivity index (χ1v) is 7.04. The quantitative estimate of drug-likeness (QED) is 0.420. The van der Waals surface area contributed by atoms with Crippen LogP contribution >= 0.6 is 0 Å². The summed E-state index contributed by atoms with van der Waals surface area (Å²) in [6.07, 6.45) is -5.54. The third-order valence-electron chi connectivity index (χ3n) is 3.48. The zero-order valence-corrected chi connectivity index (χ0v) is 13.1. The smallest absolute Gasteiger partial charge is 0.310 e. The lowest BCUT2D eigenvalue weighted by Crippen LogP contribution is -2.60. The molecule has 0 aromatic rings. The summed E-state index contributed by atoms with van der Waals surface area (Å²) in [5.41, 5.74) is 18.1. The Morgan fingerprint density at radius 1 is 0.769 bits per heavy atom. The minimum absolute atomic E-state index is 0.100. The van der Waals surface area contributed by atoms with Gasteiger partial charge in [-0.3, -0.25) is 9.47 Å². The van der Waals surface area contributed by atoms with Crippen LogP contribution in [0.25, 0.3) is 0 Å². The van der Waals surface area contributed by atoms with Gasteiger partial charge in [-0.25, -0.2) is 0 Å². The molecule has 2 aliphatic carbocycles. The van der Waals surface area contributed by atoms with Gasteiger partial charge in [-0.05, 0) is 23.8 Å². The second-order valence-electron chi connectivity index (χ2n) is 6.01. The van der Waals surface area contributed by atoms with Crippen LogP contribution in [0.2, 0.25) is 0 Å². The van der Waals surface area contributed by atoms with E-state index in [1.165, 1.54) is 12.2 Å². The van der Waals surface area contributed by atoms with Crippen LogP contribution in [0.5, 0.6) is 0 Å². The molecular formula is C14H16F6N4O2. The summed E-state index contributed by atoms with van der Waals surface area (Å²) in [6, 6.07) is 0. The molecule has 2 aliphatic rings. The molecule has 0 aromatic heterocycles. The highest BCUT2D eigenvalue weighted by molar-refractivity contribution is 5.51. The molecule has 12 heteroatoms. The number of rotatable bonds is 2. The van der Waals surface area contributed by atoms with Gasteiger partial charge >= 0.3 is 12.7 Å². The molecule has 0 fully saturated rings. The molecule has 0 aromatic carbocycles. The van der Waals surface area contributed by atoms with Gasteiger partial charge in [0.2, 0.25) is 5.79 Å². The summed E-state index contributed by atoms with van der Waals surface area (Å²) in [5, 5.41) is 0. The average Bonchev–Trinajstić information content (AvgIpc) is 2.34. The molecule has 0 unspecified atom stereocenters. The van der Waals surface area contributed by atoms with E-state index < -0.39 is 41.8 Å². The molecule has 26 heavy (non-hydrogen) atoms. The molecule has 0 bridgehead atoms. The summed E-state index contributed by atoms with van der Waals surface area (Å²) >= 11 is 0. The van der Waals surface area contributed by atoms with Crippen molar-refractivity contribution in [2.24, 2.45) is 22.9 Å². The average molecular weight is 386 g/mol. The van der Waals surface area contributed by atoms with Gasteiger partial charge in [0.1, 0.15) is 5.66 Å². The number of halogens is 6. The lowest BCUT2D eigenvalue weighted by molar-refractivity contribution is -0.470. The third kappa shape index (κ3) is 5.16. The molecule has 6 nitrogen and oxygen atoms in total. The van der Waals surface area contributed by atoms with Gasteiger partial charge in [0.05, 0.1) is 5.66 Å². The summed E-state index contributed by atoms with van der Waals surface area (Å²) in [4.78, 5) is 0. The van der Waals surface area contributed by atoms with Crippen molar-refractivity contribution in [2.75, 3.05) is 0 Å². The van der Waals surface area contributed by atoms with Gasteiger partial charge < -0.3 is 22.9 Å². The Morgan fingerprint density at radius 3 is 1.65 bits per heavy atom. The SMILES string of the molecule is NC1(N)C=CC(=C2C=CC(N)(N)CC2(OC(F)(F)F)OC(F)(F)F)C=C1. The van der Waals surface area contributed by atoms with Crippen molar-refractivity contribution in [1.82, 2.24) is 0 Å². The van der Waals surface area contributed by atoms with Crippen molar-refractivity contribution in [3.63, 3.8) is 0 Å². The molecule has 0 saturated heterocycles. The number of hydrogen-bond donors (Lipinski definition) is 4. The van der Waals surface area contributed by atoms with Crippen LogP contribution in [-0.4, -0.2) is 29.8 Å². The molecule has 0 saturated carbocycles. The lowest BCUT2D eigenvalue weighted by Gasteiger charge is -2.43. The van der Waals surface area contributed by atoms with E-state index in [0.717, 1.165) is 24.3 Å². The van der Waals surface area contributed by atoms with E-state index in [1.54, 1.807) is 0 Å². The van der Waals surface area contributed by atoms with E-state index in [2.05, 4.69) is 9.47 Å². The minimum Gasteiger partial charge on any atom is -0.310 e. The van der Waals surface area contributed by atoms with Crippen LogP contribution in [-0.2, 0) is 9.47 Å². The maximum Gasteiger partial charge on any atom is 0.525 e. The molecule has 0 aliphatic heterocycles. The van der Waals surface area contributed by atoms with Crippen LogP contribution in [0.1, 0.15) is 6.42 Å². The van der Waals surface area contributed by atoms with Gasteiger partial charge in [-0.1, -0.05) is 18.2 Å². The van der Waals surface area contributed by atoms with E-state index in [9.17, 15) is 26.3 Å². The van der Waals surface area contributed by atoms with Crippen LogP contribution in [0.15, 0.2) is 47.6 Å². The zero-order valence-electron chi connectivity index (χ0n) is 13.1. The van der Waals surface area contributed by atoms with Crippen molar-refractivity contribution in [1.29, 1.82) is 0 Å². The van der Waals surface area contributed by atoms with E-state index in [0.29, 0.717) is 0 Å². The monoisotopic (exact) mass is 386 g/mol. The van der Waals surface area contributed by atoms with Gasteiger partial charge in [-0.15, -0.1) is 26.3 Å². The zero-order chi connectivity index (χ0) is 20.0. The van der Waals surface area contributed by atoms with Crippen LogP contribution in [0, 0.1) is 0 Å². The van der Waals surface area contributed by atoms with Crippen LogP contribution < -0.4 is 22.9 Å². The predicted molar refractivity (Wildman–Crippen MR) is 78.3 cm³/mol. The Balaban J connectivity index is 2.66. The van der Waals surface area contributed by atoms with Crippen molar-refractivity contribution in [2.45, 2.75) is 36.3 Å². The summed E-state index contributed by atoms with van der Waals surface area (Å²) < 4.78 is 84.9. The fourth-order valence-corrected chi connectivity index (χ4v) is 2.57. The van der Waals surface area contributed by atoms with Crippen molar-refractivity contribution >= 4 is 0 Å². The molecular weight excluding hydrogens is 370 g/mol. The molecule has 0 radical (unpaired) electrons. The van der Waals surface area contributed by atoms with Crippen molar-refractivity contribution < 1.29 is 35.8 Å². The molecule has 2 rings (SSSR count). The first-order valence-electron chi connectivity index (χ1n) is 7.04. The second-order valence-corrected chi connectivity index (χ2v) is 6.01. The fourth-order valence-electron chi connectivity index (χ4n) is 2.57. The lowest BCUT2D eigenvalue weighted by atomic mass is 9.83. The Hall–Kier alpha value is -1.70. The van der Waals surface area contributed by atoms with E-state index in [1.807, 2.05) is 0 Å². The molecule has 0 amide bonds. The highest BCUT2D eigenvalue weighted by Gasteiger charge is 2.57. The minimum atomic E-state index is -5.48. The van der Waals surface area contributed by atoms with Crippen LogP contribution in [0.4, 0.5) is 26.3 Å². The summed E-state index contributed by atoms with van der Waals surface area (Å²) in [5.74, 6) is -3.36. The van der Waals surface area contributed by atoms with E-state index >= 15 is 0 Å². The van der Waals surface area contributed by atoms with Gasteiger partial charge in [0, 0.05) is 12.0 Å². The maximum absolute atomic E-state index is 12.9. The standard InChI is InChI=1S/C14H16F6N4O2/c15-13(16,17)25-12(26-14(18,19)20)7-11(23,24)6-3-9(12)8-1-4-10(21,22)5-2-8/h1-6H,7,21-24H2. The Bertz CT molecular complexity index is 655. The Labute approximate surface area is 143 Å². The summed E-state index contributed by atoms with van der Waals surface area (Å²) in [6.45, 7) is 0. The number of hydrogen-bond acceptors (Lipinski definition) is 6. The largest absolute Gasteiger partial charge is 0.525 e. The van der Waals surface area contributed by atoms with E-state index in [-0.39, 0.29) is 5.57 Å². The first kappa shape index (κ1) is 20.6. The Kier molecular flexibility index (Phi) is 4.90. The molecule has 0 spiro atoms. The molecule has 0 atom stereocenters. The number of ether oxygens (including phenoxy) is 2. The fraction of sp³-hybridized carbons (Fsp3) is 0.429. The van der Waals surface area contributed by atoms with Crippen molar-refractivity contribution in [3.8, 4) is 0 Å². The predicted octanol–water partition coefficient (Wildman–Crippen LogP) is 1.37. The number of nitrogens with two attached hydrogens (primary N) is 4. The van der Waals surface area contributed by atoms with Crippen molar-refractivity contribution in [3.05, 3.63) is 47.6 Å². The molecule has 0 heterocycles. The second kappa shape index (κ2) is 6.18. The normalized spacial score (nSPS) is 24.2. The number of alkyl halides is 6. The van der Waals surface area contributed by atoms with E-state index in [4.69, 9.17) is 22.9 Å². The first-order chi connectivity index (χ1) is 11.5. The molecule has 8 N–H and O–H groups in total. The highest BCUT2D eigenvalue weighted by Crippen LogP contribution is 2.45.